The van der Waals surface area contributed by atoms with Gasteiger partial charge >= 0.3 is 0 Å². The molecule has 1 aromatic heterocycles. The third-order valence-electron chi connectivity index (χ3n) is 2.72. The maximum absolute atomic E-state index is 13.2. The summed E-state index contributed by atoms with van der Waals surface area (Å²) < 4.78 is 43.3. The number of halogens is 1. The lowest BCUT2D eigenvalue weighted by atomic mass is 10.2. The van der Waals surface area contributed by atoms with Crippen molar-refractivity contribution in [1.82, 2.24) is 4.98 Å². The van der Waals surface area contributed by atoms with Gasteiger partial charge in [0.1, 0.15) is 10.8 Å². The lowest BCUT2D eigenvalue weighted by Crippen LogP contribution is -2.18. The fraction of sp³-hybridized carbons (Fsp3) is 0.400. The molecule has 0 radical (unpaired) electrons. The molecule has 0 atom stereocenters. The van der Waals surface area contributed by atoms with Crippen LogP contribution in [0, 0.1) is 5.82 Å². The van der Waals surface area contributed by atoms with Gasteiger partial charge in [0.05, 0.1) is 28.6 Å². The van der Waals surface area contributed by atoms with Gasteiger partial charge in [0.15, 0.2) is 9.84 Å². The largest absolute Gasteiger partial charge is 0.369 e. The van der Waals surface area contributed by atoms with E-state index in [-0.39, 0.29) is 16.2 Å². The summed E-state index contributed by atoms with van der Waals surface area (Å²) in [4.78, 5) is 4.23. The first kappa shape index (κ1) is 17.1. The van der Waals surface area contributed by atoms with Gasteiger partial charge in [-0.2, -0.15) is 0 Å². The van der Waals surface area contributed by atoms with E-state index >= 15 is 0 Å². The van der Waals surface area contributed by atoms with Crippen LogP contribution >= 0.6 is 11.3 Å². The maximum Gasteiger partial charge on any atom is 0.184 e. The molecule has 0 unspecified atom stereocenters. The lowest BCUT2D eigenvalue weighted by Gasteiger charge is -2.18. The van der Waals surface area contributed by atoms with E-state index in [9.17, 15) is 12.8 Å². The minimum Gasteiger partial charge on any atom is -0.369 e. The van der Waals surface area contributed by atoms with Crippen molar-refractivity contribution >= 4 is 21.2 Å². The van der Waals surface area contributed by atoms with Gasteiger partial charge in [0.2, 0.25) is 0 Å². The number of rotatable bonds is 5. The van der Waals surface area contributed by atoms with E-state index in [1.165, 1.54) is 29.5 Å². The first-order valence-corrected chi connectivity index (χ1v) is 9.24. The Bertz CT molecular complexity index is 748. The summed E-state index contributed by atoms with van der Waals surface area (Å²) >= 11 is 1.35. The summed E-state index contributed by atoms with van der Waals surface area (Å²) in [5, 5.41) is 2.41. The normalized spacial score (nSPS) is 12.5. The number of aromatic nitrogens is 1. The van der Waals surface area contributed by atoms with E-state index in [1.807, 2.05) is 20.8 Å². The Morgan fingerprint density at radius 3 is 2.68 bits per heavy atom. The van der Waals surface area contributed by atoms with Crippen LogP contribution in [-0.4, -0.2) is 19.0 Å². The molecule has 0 fully saturated rings. The molecule has 120 valence electrons. The SMILES string of the molecule is CC(C)(C)OCc1nc(CS(=O)(=O)c2cccc(F)c2)cs1. The first-order chi connectivity index (χ1) is 10.2. The molecule has 0 aliphatic carbocycles. The molecule has 7 heteroatoms. The number of hydrogen-bond acceptors (Lipinski definition) is 5. The molecule has 0 bridgehead atoms. The molecule has 22 heavy (non-hydrogen) atoms. The topological polar surface area (TPSA) is 56.3 Å². The van der Waals surface area contributed by atoms with Crippen molar-refractivity contribution in [3.05, 3.63) is 46.2 Å². The third kappa shape index (κ3) is 4.86. The van der Waals surface area contributed by atoms with Gasteiger partial charge in [-0.05, 0) is 39.0 Å². The zero-order valence-electron chi connectivity index (χ0n) is 12.7. The third-order valence-corrected chi connectivity index (χ3v) is 5.24. The van der Waals surface area contributed by atoms with E-state index in [0.717, 1.165) is 11.1 Å². The molecule has 1 heterocycles. The van der Waals surface area contributed by atoms with Crippen LogP contribution in [0.1, 0.15) is 31.5 Å². The summed E-state index contributed by atoms with van der Waals surface area (Å²) in [7, 11) is -3.60. The van der Waals surface area contributed by atoms with Crippen LogP contribution in [0.25, 0.3) is 0 Å². The molecule has 0 aliphatic rings. The number of sulfone groups is 1. The molecular formula is C15H18FNO3S2. The summed E-state index contributed by atoms with van der Waals surface area (Å²) in [5.74, 6) is -0.818. The fourth-order valence-corrected chi connectivity index (χ4v) is 3.79. The van der Waals surface area contributed by atoms with Crippen LogP contribution in [0.3, 0.4) is 0 Å². The van der Waals surface area contributed by atoms with Crippen molar-refractivity contribution < 1.29 is 17.5 Å². The number of thiazole rings is 1. The average molecular weight is 343 g/mol. The molecule has 0 saturated heterocycles. The molecule has 4 nitrogen and oxygen atoms in total. The molecule has 0 spiro atoms. The molecule has 0 N–H and O–H groups in total. The van der Waals surface area contributed by atoms with Gasteiger partial charge in [-0.15, -0.1) is 11.3 Å². The molecular weight excluding hydrogens is 325 g/mol. The highest BCUT2D eigenvalue weighted by atomic mass is 32.2. The molecule has 0 aliphatic heterocycles. The van der Waals surface area contributed by atoms with E-state index in [2.05, 4.69) is 4.98 Å². The number of benzene rings is 1. The monoisotopic (exact) mass is 343 g/mol. The minimum atomic E-state index is -3.60. The fourth-order valence-electron chi connectivity index (χ4n) is 1.70. The summed E-state index contributed by atoms with van der Waals surface area (Å²) in [6, 6.07) is 5.00. The van der Waals surface area contributed by atoms with Crippen LogP contribution in [0.15, 0.2) is 34.5 Å². The van der Waals surface area contributed by atoms with E-state index < -0.39 is 15.7 Å². The molecule has 1 aromatic carbocycles. The Morgan fingerprint density at radius 1 is 1.32 bits per heavy atom. The standard InChI is InChI=1S/C15H18FNO3S2/c1-15(2,3)20-8-14-17-12(9-21-14)10-22(18,19)13-6-4-5-11(16)7-13/h4-7,9H,8,10H2,1-3H3. The maximum atomic E-state index is 13.2. The Kier molecular flexibility index (Phi) is 4.99. The van der Waals surface area contributed by atoms with Crippen molar-refractivity contribution in [2.75, 3.05) is 0 Å². The van der Waals surface area contributed by atoms with Gasteiger partial charge in [-0.3, -0.25) is 0 Å². The molecule has 2 aromatic rings. The highest BCUT2D eigenvalue weighted by molar-refractivity contribution is 7.90. The van der Waals surface area contributed by atoms with Crippen molar-refractivity contribution in [3.8, 4) is 0 Å². The van der Waals surface area contributed by atoms with Gasteiger partial charge < -0.3 is 4.74 Å². The van der Waals surface area contributed by atoms with Crippen LogP contribution in [0.2, 0.25) is 0 Å². The second-order valence-corrected chi connectivity index (χ2v) is 8.78. The van der Waals surface area contributed by atoms with E-state index in [4.69, 9.17) is 4.74 Å². The highest BCUT2D eigenvalue weighted by Crippen LogP contribution is 2.20. The number of hydrogen-bond donors (Lipinski definition) is 0. The zero-order valence-corrected chi connectivity index (χ0v) is 14.3. The van der Waals surface area contributed by atoms with E-state index in [0.29, 0.717) is 12.3 Å². The minimum absolute atomic E-state index is 0.0343. The lowest BCUT2D eigenvalue weighted by molar-refractivity contribution is -0.0150. The predicted molar refractivity (Wildman–Crippen MR) is 83.9 cm³/mol. The second-order valence-electron chi connectivity index (χ2n) is 5.85. The van der Waals surface area contributed by atoms with Gasteiger partial charge in [0, 0.05) is 5.38 Å². The Morgan fingerprint density at radius 2 is 2.05 bits per heavy atom. The van der Waals surface area contributed by atoms with Crippen molar-refractivity contribution in [1.29, 1.82) is 0 Å². The predicted octanol–water partition coefficient (Wildman–Crippen LogP) is 3.57. The second kappa shape index (κ2) is 6.44. The average Bonchev–Trinajstić information content (AvgIpc) is 2.82. The summed E-state index contributed by atoms with van der Waals surface area (Å²) in [6.45, 7) is 6.16. The number of nitrogens with zero attached hydrogens (tertiary/aromatic N) is 1. The first-order valence-electron chi connectivity index (χ1n) is 6.71. The number of ether oxygens (including phenoxy) is 1. The van der Waals surface area contributed by atoms with Crippen LogP contribution in [0.4, 0.5) is 4.39 Å². The van der Waals surface area contributed by atoms with Crippen LogP contribution in [-0.2, 0) is 26.9 Å². The van der Waals surface area contributed by atoms with Crippen LogP contribution < -0.4 is 0 Å². The zero-order chi connectivity index (χ0) is 16.4. The Hall–Kier alpha value is -1.31. The molecule has 0 saturated carbocycles. The van der Waals surface area contributed by atoms with Crippen molar-refractivity contribution in [2.45, 2.75) is 43.6 Å². The highest BCUT2D eigenvalue weighted by Gasteiger charge is 2.18. The van der Waals surface area contributed by atoms with E-state index in [1.54, 1.807) is 5.38 Å². The van der Waals surface area contributed by atoms with Crippen LogP contribution in [0.5, 0.6) is 0 Å². The molecule has 2 rings (SSSR count). The Balaban J connectivity index is 2.09. The quantitative estimate of drug-likeness (QED) is 0.833. The smallest absolute Gasteiger partial charge is 0.184 e. The summed E-state index contributed by atoms with van der Waals surface area (Å²) in [6.07, 6.45) is 0. The Labute approximate surface area is 133 Å². The van der Waals surface area contributed by atoms with Gasteiger partial charge in [0.25, 0.3) is 0 Å². The van der Waals surface area contributed by atoms with Crippen molar-refractivity contribution in [2.24, 2.45) is 0 Å². The molecule has 0 amide bonds. The van der Waals surface area contributed by atoms with Gasteiger partial charge in [-0.25, -0.2) is 17.8 Å². The van der Waals surface area contributed by atoms with Gasteiger partial charge in [-0.1, -0.05) is 6.07 Å². The van der Waals surface area contributed by atoms with Crippen molar-refractivity contribution in [3.63, 3.8) is 0 Å². The summed E-state index contributed by atoms with van der Waals surface area (Å²) in [5.41, 5.74) is 0.168.